The Bertz CT molecular complexity index is 336. The van der Waals surface area contributed by atoms with Crippen LogP contribution in [0.5, 0.6) is 0 Å². The van der Waals surface area contributed by atoms with Gasteiger partial charge in [-0.15, -0.1) is 23.5 Å². The summed E-state index contributed by atoms with van der Waals surface area (Å²) in [4.78, 5) is 11.2. The maximum absolute atomic E-state index is 11.2. The highest BCUT2D eigenvalue weighted by molar-refractivity contribution is 8.25. The Hall–Kier alpha value is 1.25. The monoisotopic (exact) mass is 300 g/mol. The lowest BCUT2D eigenvalue weighted by molar-refractivity contribution is 1.30. The molecule has 0 bridgehead atoms. The number of rotatable bonds is 2. The van der Waals surface area contributed by atoms with Crippen LogP contribution in [0.2, 0.25) is 0 Å². The molecule has 7 heteroatoms. The zero-order valence-corrected chi connectivity index (χ0v) is 12.4. The molecule has 0 saturated carbocycles. The number of hydrogen-bond donors (Lipinski definition) is 0. The van der Waals surface area contributed by atoms with Gasteiger partial charge in [-0.2, -0.15) is 0 Å². The van der Waals surface area contributed by atoms with Crippen LogP contribution < -0.4 is 4.06 Å². The van der Waals surface area contributed by atoms with Crippen LogP contribution in [0.15, 0.2) is 13.2 Å². The summed E-state index contributed by atoms with van der Waals surface area (Å²) in [5.74, 6) is 0. The fraction of sp³-hybridized carbons (Fsp3) is 0.571. The summed E-state index contributed by atoms with van der Waals surface area (Å²) < 4.78 is 3.85. The Morgan fingerprint density at radius 2 is 1.43 bits per heavy atom. The van der Waals surface area contributed by atoms with Crippen molar-refractivity contribution in [2.24, 2.45) is 0 Å². The minimum absolute atomic E-state index is 0.233. The first-order chi connectivity index (χ1) is 6.74. The molecule has 78 valence electrons. The van der Waals surface area contributed by atoms with Gasteiger partial charge in [0.15, 0.2) is 0 Å². The quantitative estimate of drug-likeness (QED) is 0.825. The standard InChI is InChI=1S/C7H8OS6/c1-9-3-4(10-2)12-6-5(11-3)13-7(8)14-6/h3-4H,1-2H3. The van der Waals surface area contributed by atoms with Crippen molar-refractivity contribution in [1.29, 1.82) is 0 Å². The number of fused-ring (bicyclic) bond motifs is 1. The van der Waals surface area contributed by atoms with Gasteiger partial charge in [0.05, 0.1) is 17.6 Å². The number of thioether (sulfide) groups is 4. The highest BCUT2D eigenvalue weighted by atomic mass is 32.2. The van der Waals surface area contributed by atoms with Gasteiger partial charge < -0.3 is 0 Å². The molecular weight excluding hydrogens is 292 g/mol. The number of hydrogen-bond acceptors (Lipinski definition) is 7. The zero-order chi connectivity index (χ0) is 10.1. The molecule has 1 aromatic rings. The summed E-state index contributed by atoms with van der Waals surface area (Å²) in [6.07, 6.45) is 4.28. The second kappa shape index (κ2) is 5.05. The largest absolute Gasteiger partial charge is 0.289 e. The van der Waals surface area contributed by atoms with Crippen LogP contribution in [-0.2, 0) is 0 Å². The van der Waals surface area contributed by atoms with Gasteiger partial charge in [-0.25, -0.2) is 0 Å². The predicted molar refractivity (Wildman–Crippen MR) is 74.8 cm³/mol. The Labute approximate surface area is 108 Å². The Morgan fingerprint density at radius 1 is 1.00 bits per heavy atom. The van der Waals surface area contributed by atoms with Crippen molar-refractivity contribution in [2.75, 3.05) is 12.5 Å². The van der Waals surface area contributed by atoms with Gasteiger partial charge in [0.2, 0.25) is 0 Å². The smallest absolute Gasteiger partial charge is 0.265 e. The molecule has 1 aliphatic heterocycles. The molecule has 1 aromatic heterocycles. The Balaban J connectivity index is 2.28. The molecule has 0 aliphatic carbocycles. The fourth-order valence-electron chi connectivity index (χ4n) is 1.04. The van der Waals surface area contributed by atoms with E-state index < -0.39 is 0 Å². The summed E-state index contributed by atoms with van der Waals surface area (Å²) in [6.45, 7) is 0. The van der Waals surface area contributed by atoms with E-state index in [9.17, 15) is 4.79 Å². The molecule has 0 spiro atoms. The van der Waals surface area contributed by atoms with E-state index >= 15 is 0 Å². The lowest BCUT2D eigenvalue weighted by atomic mass is 10.9. The van der Waals surface area contributed by atoms with Crippen LogP contribution in [0.4, 0.5) is 0 Å². The fourth-order valence-corrected chi connectivity index (χ4v) is 10.0. The molecule has 2 rings (SSSR count). The second-order valence-corrected chi connectivity index (χ2v) is 10.1. The summed E-state index contributed by atoms with van der Waals surface area (Å²) >= 11 is 10.3. The lowest BCUT2D eigenvalue weighted by Gasteiger charge is -2.26. The second-order valence-electron chi connectivity index (χ2n) is 2.47. The third-order valence-electron chi connectivity index (χ3n) is 1.65. The molecule has 14 heavy (non-hydrogen) atoms. The van der Waals surface area contributed by atoms with Crippen LogP contribution in [0.3, 0.4) is 0 Å². The van der Waals surface area contributed by atoms with E-state index in [4.69, 9.17) is 0 Å². The predicted octanol–water partition coefficient (Wildman–Crippen LogP) is 3.75. The first-order valence-electron chi connectivity index (χ1n) is 3.77. The maximum atomic E-state index is 11.2. The third kappa shape index (κ3) is 2.32. The van der Waals surface area contributed by atoms with Gasteiger partial charge in [-0.3, -0.25) is 4.79 Å². The van der Waals surface area contributed by atoms with E-state index in [-0.39, 0.29) is 4.06 Å². The highest BCUT2D eigenvalue weighted by Crippen LogP contribution is 2.53. The van der Waals surface area contributed by atoms with Crippen LogP contribution in [-0.4, -0.2) is 21.7 Å². The van der Waals surface area contributed by atoms with E-state index in [2.05, 4.69) is 12.5 Å². The average molecular weight is 301 g/mol. The summed E-state index contributed by atoms with van der Waals surface area (Å²) in [7, 11) is 0. The molecule has 1 aliphatic rings. The zero-order valence-electron chi connectivity index (χ0n) is 7.51. The molecule has 2 atom stereocenters. The Kier molecular flexibility index (Phi) is 4.23. The van der Waals surface area contributed by atoms with Gasteiger partial charge >= 0.3 is 0 Å². The van der Waals surface area contributed by atoms with Crippen molar-refractivity contribution in [3.63, 3.8) is 0 Å². The topological polar surface area (TPSA) is 17.1 Å². The van der Waals surface area contributed by atoms with Gasteiger partial charge in [-0.1, -0.05) is 46.2 Å². The van der Waals surface area contributed by atoms with Crippen LogP contribution in [0.1, 0.15) is 0 Å². The SMILES string of the molecule is CSC1Sc2sc(=O)sc2SC1SC. The minimum Gasteiger partial charge on any atom is -0.265 e. The van der Waals surface area contributed by atoms with E-state index in [1.165, 1.54) is 31.1 Å². The molecule has 0 saturated heterocycles. The van der Waals surface area contributed by atoms with E-state index in [0.717, 1.165) is 0 Å². The first-order valence-corrected chi connectivity index (χ1v) is 9.74. The van der Waals surface area contributed by atoms with Gasteiger partial charge in [0.25, 0.3) is 4.06 Å². The third-order valence-corrected chi connectivity index (χ3v) is 10.6. The molecule has 2 unspecified atom stereocenters. The van der Waals surface area contributed by atoms with Crippen LogP contribution in [0.25, 0.3) is 0 Å². The molecule has 0 N–H and O–H groups in total. The van der Waals surface area contributed by atoms with Gasteiger partial charge in [-0.05, 0) is 12.5 Å². The van der Waals surface area contributed by atoms with E-state index in [1.807, 2.05) is 47.0 Å². The van der Waals surface area contributed by atoms with Crippen LogP contribution >= 0.6 is 69.7 Å². The molecule has 0 amide bonds. The van der Waals surface area contributed by atoms with Crippen molar-refractivity contribution in [2.45, 2.75) is 17.6 Å². The summed E-state index contributed by atoms with van der Waals surface area (Å²) in [5, 5.41) is 0. The summed E-state index contributed by atoms with van der Waals surface area (Å²) in [5.41, 5.74) is 0. The normalized spacial score (nSPS) is 26.1. The molecule has 0 radical (unpaired) electrons. The van der Waals surface area contributed by atoms with Crippen molar-refractivity contribution in [1.82, 2.24) is 0 Å². The van der Waals surface area contributed by atoms with Gasteiger partial charge in [0.1, 0.15) is 0 Å². The van der Waals surface area contributed by atoms with Crippen molar-refractivity contribution in [3.05, 3.63) is 8.85 Å². The van der Waals surface area contributed by atoms with Crippen LogP contribution in [0, 0.1) is 0 Å². The minimum atomic E-state index is 0.233. The molecule has 0 fully saturated rings. The lowest BCUT2D eigenvalue weighted by Crippen LogP contribution is -2.14. The first kappa shape index (κ1) is 11.7. The molecular formula is C7H8OS6. The summed E-state index contributed by atoms with van der Waals surface area (Å²) in [6, 6.07) is 0. The molecule has 0 aromatic carbocycles. The Morgan fingerprint density at radius 3 is 1.79 bits per heavy atom. The van der Waals surface area contributed by atoms with Crippen molar-refractivity contribution >= 4 is 69.7 Å². The van der Waals surface area contributed by atoms with E-state index in [1.54, 1.807) is 0 Å². The molecule has 2 heterocycles. The van der Waals surface area contributed by atoms with Crippen molar-refractivity contribution < 1.29 is 0 Å². The maximum Gasteiger partial charge on any atom is 0.289 e. The van der Waals surface area contributed by atoms with E-state index in [0.29, 0.717) is 9.16 Å². The average Bonchev–Trinajstić information content (AvgIpc) is 2.54. The van der Waals surface area contributed by atoms with Crippen molar-refractivity contribution in [3.8, 4) is 0 Å². The van der Waals surface area contributed by atoms with Gasteiger partial charge in [0, 0.05) is 0 Å². The highest BCUT2D eigenvalue weighted by Gasteiger charge is 2.31. The molecule has 1 nitrogen and oxygen atoms in total.